The van der Waals surface area contributed by atoms with Crippen LogP contribution in [-0.2, 0) is 40.9 Å². The number of benzene rings is 1. The number of nitrogen functional groups attached to an aromatic ring is 1. The van der Waals surface area contributed by atoms with Gasteiger partial charge in [0.15, 0.2) is 35.0 Å². The maximum Gasteiger partial charge on any atom is 0.332 e. The Hall–Kier alpha value is -5.99. The van der Waals surface area contributed by atoms with Gasteiger partial charge in [-0.3, -0.25) is 38.2 Å². The van der Waals surface area contributed by atoms with E-state index in [1.165, 1.54) is 39.7 Å². The minimum absolute atomic E-state index is 0.0318. The van der Waals surface area contributed by atoms with Crippen LogP contribution in [0, 0.1) is 0 Å². The van der Waals surface area contributed by atoms with Gasteiger partial charge in [-0.2, -0.15) is 9.97 Å². The van der Waals surface area contributed by atoms with Crippen molar-refractivity contribution in [2.45, 2.75) is 71.2 Å². The molecule has 5 aromatic rings. The van der Waals surface area contributed by atoms with Gasteiger partial charge in [0.25, 0.3) is 17.4 Å². The van der Waals surface area contributed by atoms with Crippen LogP contribution in [0.2, 0.25) is 0 Å². The molecule has 0 aliphatic carbocycles. The van der Waals surface area contributed by atoms with Gasteiger partial charge in [0.1, 0.15) is 23.5 Å². The van der Waals surface area contributed by atoms with Gasteiger partial charge in [-0.05, 0) is 45.0 Å². The van der Waals surface area contributed by atoms with E-state index in [2.05, 4.69) is 35.9 Å². The van der Waals surface area contributed by atoms with Crippen LogP contribution >= 0.6 is 0 Å². The van der Waals surface area contributed by atoms with Crippen molar-refractivity contribution in [1.82, 2.24) is 43.5 Å². The first kappa shape index (κ1) is 35.8. The van der Waals surface area contributed by atoms with Crippen molar-refractivity contribution in [2.24, 2.45) is 7.05 Å². The first-order chi connectivity index (χ1) is 24.9. The van der Waals surface area contributed by atoms with Crippen molar-refractivity contribution < 1.29 is 29.3 Å². The first-order valence-electron chi connectivity index (χ1n) is 16.6. The van der Waals surface area contributed by atoms with Crippen LogP contribution in [0.5, 0.6) is 0 Å². The number of hydrogen-bond acceptors (Lipinski definition) is 13. The van der Waals surface area contributed by atoms with Gasteiger partial charge in [-0.15, -0.1) is 0 Å². The predicted molar refractivity (Wildman–Crippen MR) is 186 cm³/mol. The molecule has 3 amide bonds. The number of nitrogens with one attached hydrogen (secondary N) is 3. The van der Waals surface area contributed by atoms with Crippen molar-refractivity contribution in [1.29, 1.82) is 0 Å². The Bertz CT molecular complexity index is 2310. The fourth-order valence-electron chi connectivity index (χ4n) is 6.08. The number of carbonyl (C=O) groups is 3. The second kappa shape index (κ2) is 14.3. The van der Waals surface area contributed by atoms with E-state index in [1.807, 2.05) is 0 Å². The van der Waals surface area contributed by atoms with E-state index in [-0.39, 0.29) is 59.4 Å². The fraction of sp³-hybridized carbons (Fsp3) is 0.406. The number of hydrogen-bond donors (Lipinski definition) is 6. The van der Waals surface area contributed by atoms with Gasteiger partial charge in [0.05, 0.1) is 6.33 Å². The van der Waals surface area contributed by atoms with Crippen molar-refractivity contribution >= 4 is 57.5 Å². The van der Waals surface area contributed by atoms with E-state index < -0.39 is 47.6 Å². The number of fused-ring (bicyclic) bond motifs is 2. The molecular formula is C32H38N12O8. The number of aliphatic hydroxyl groups excluding tert-OH is 2. The zero-order valence-electron chi connectivity index (χ0n) is 28.7. The monoisotopic (exact) mass is 718 g/mol. The average Bonchev–Trinajstić information content (AvgIpc) is 3.77. The van der Waals surface area contributed by atoms with Crippen molar-refractivity contribution in [3.8, 4) is 0 Å². The van der Waals surface area contributed by atoms with Gasteiger partial charge < -0.3 is 35.9 Å². The third-order valence-electron chi connectivity index (χ3n) is 8.77. The van der Waals surface area contributed by atoms with Crippen molar-refractivity contribution in [3.05, 3.63) is 62.8 Å². The number of rotatable bonds is 11. The lowest BCUT2D eigenvalue weighted by atomic mass is 10.1. The molecule has 0 radical (unpaired) electrons. The van der Waals surface area contributed by atoms with Crippen molar-refractivity contribution in [2.75, 3.05) is 22.9 Å². The molecule has 20 heteroatoms. The highest BCUT2D eigenvalue weighted by Gasteiger charge is 2.47. The minimum atomic E-state index is -1.52. The lowest BCUT2D eigenvalue weighted by molar-refractivity contribution is -0.137. The molecule has 1 fully saturated rings. The number of imidazole rings is 2. The average molecular weight is 719 g/mol. The third kappa shape index (κ3) is 6.37. The summed E-state index contributed by atoms with van der Waals surface area (Å²) in [6.45, 7) is 6.06. The van der Waals surface area contributed by atoms with Crippen LogP contribution < -0.4 is 32.9 Å². The molecule has 1 unspecified atom stereocenters. The topological polar surface area (TPSA) is 268 Å². The highest BCUT2D eigenvalue weighted by Crippen LogP contribution is 2.32. The van der Waals surface area contributed by atoms with Crippen LogP contribution in [0.25, 0.3) is 22.3 Å². The smallest absolute Gasteiger partial charge is 0.332 e. The lowest BCUT2D eigenvalue weighted by Crippen LogP contribution is -2.42. The Kier molecular flexibility index (Phi) is 9.87. The molecule has 20 nitrogen and oxygen atoms in total. The van der Waals surface area contributed by atoms with Crippen LogP contribution in [0.3, 0.4) is 0 Å². The summed E-state index contributed by atoms with van der Waals surface area (Å²) < 4.78 is 11.2. The van der Waals surface area contributed by atoms with Gasteiger partial charge in [0.2, 0.25) is 11.9 Å². The standard InChI is InChI=1S/C32H38N12O8/c1-5-34-28(49)23-21(46)22(47)30(52-23)44-14-35-19-24(33)38-31(39-25(19)44)40-27(48)15-8-10-16(11-9-15)36-18(45)13-12-17-37-26-20(41(17)4)29(50)43(7-3)32(51)42(26)6-2/h8-11,14,21-23,30,46-47H,5-7,12-13H2,1-4H3,(H,34,49)(H,36,45)(H3,33,38,39,40,48)/t21-,22+,23?,30+/m0/s1. The van der Waals surface area contributed by atoms with Gasteiger partial charge in [-0.25, -0.2) is 14.8 Å². The Morgan fingerprint density at radius 2 is 1.65 bits per heavy atom. The summed E-state index contributed by atoms with van der Waals surface area (Å²) in [5.41, 5.74) is 6.63. The summed E-state index contributed by atoms with van der Waals surface area (Å²) in [5.74, 6) is -1.32. The number of aliphatic hydroxyl groups is 2. The summed E-state index contributed by atoms with van der Waals surface area (Å²) in [6, 6.07) is 6.05. The highest BCUT2D eigenvalue weighted by atomic mass is 16.6. The molecule has 52 heavy (non-hydrogen) atoms. The Labute approximate surface area is 294 Å². The zero-order chi connectivity index (χ0) is 37.4. The number of nitrogens with two attached hydrogens (primary N) is 1. The molecule has 1 aliphatic heterocycles. The van der Waals surface area contributed by atoms with E-state index in [9.17, 15) is 34.2 Å². The molecule has 1 aromatic carbocycles. The summed E-state index contributed by atoms with van der Waals surface area (Å²) in [6.07, 6.45) is -4.11. The van der Waals surface area contributed by atoms with E-state index in [0.29, 0.717) is 30.1 Å². The molecule has 7 N–H and O–H groups in total. The number of aromatic nitrogens is 8. The molecule has 4 atom stereocenters. The maximum absolute atomic E-state index is 13.1. The summed E-state index contributed by atoms with van der Waals surface area (Å²) in [4.78, 5) is 81.1. The quantitative estimate of drug-likeness (QED) is 0.0982. The molecule has 0 bridgehead atoms. The molecule has 6 rings (SSSR count). The van der Waals surface area contributed by atoms with Crippen LogP contribution in [0.1, 0.15) is 49.6 Å². The molecule has 1 aliphatic rings. The van der Waals surface area contributed by atoms with Crippen LogP contribution in [0.4, 0.5) is 17.5 Å². The largest absolute Gasteiger partial charge is 0.387 e. The lowest BCUT2D eigenvalue weighted by Gasteiger charge is -2.16. The highest BCUT2D eigenvalue weighted by molar-refractivity contribution is 6.04. The fourth-order valence-corrected chi connectivity index (χ4v) is 6.08. The first-order valence-corrected chi connectivity index (χ1v) is 16.6. The zero-order valence-corrected chi connectivity index (χ0v) is 28.7. The number of likely N-dealkylation sites (N-methyl/N-ethyl adjacent to an activating group) is 1. The van der Waals surface area contributed by atoms with Gasteiger partial charge >= 0.3 is 5.69 Å². The van der Waals surface area contributed by atoms with Gasteiger partial charge in [-0.1, -0.05) is 0 Å². The molecule has 0 spiro atoms. The Morgan fingerprint density at radius 3 is 2.33 bits per heavy atom. The Balaban J connectivity index is 1.11. The predicted octanol–water partition coefficient (Wildman–Crippen LogP) is -0.763. The van der Waals surface area contributed by atoms with E-state index >= 15 is 0 Å². The number of carbonyl (C=O) groups excluding carboxylic acids is 3. The summed E-state index contributed by atoms with van der Waals surface area (Å²) in [7, 11) is 1.68. The molecule has 5 heterocycles. The number of anilines is 3. The van der Waals surface area contributed by atoms with Crippen LogP contribution in [0.15, 0.2) is 40.2 Å². The molecule has 1 saturated heterocycles. The second-order valence-electron chi connectivity index (χ2n) is 12.0. The third-order valence-corrected chi connectivity index (χ3v) is 8.77. The second-order valence-corrected chi connectivity index (χ2v) is 12.0. The maximum atomic E-state index is 13.1. The molecule has 274 valence electrons. The minimum Gasteiger partial charge on any atom is -0.387 e. The van der Waals surface area contributed by atoms with Gasteiger partial charge in [0, 0.05) is 50.8 Å². The van der Waals surface area contributed by atoms with Crippen molar-refractivity contribution in [3.63, 3.8) is 0 Å². The molecule has 0 saturated carbocycles. The van der Waals surface area contributed by atoms with E-state index in [4.69, 9.17) is 10.5 Å². The number of ether oxygens (including phenoxy) is 1. The summed E-state index contributed by atoms with van der Waals surface area (Å²) >= 11 is 0. The number of amides is 3. The normalized spacial score (nSPS) is 18.6. The summed E-state index contributed by atoms with van der Waals surface area (Å²) in [5, 5.41) is 29.0. The molecule has 4 aromatic heterocycles. The SMILES string of the molecule is CCNC(=O)C1O[C@@H](n2cnc3c(N)nc(NC(=O)c4ccc(NC(=O)CCc5nc6c(c(=O)n(CC)c(=O)n6CC)n5C)cc4)nc32)[C@H](O)[C@@H]1O. The van der Waals surface area contributed by atoms with E-state index in [1.54, 1.807) is 32.4 Å². The van der Waals surface area contributed by atoms with E-state index in [0.717, 1.165) is 4.57 Å². The number of nitrogens with zero attached hydrogens (tertiary/aromatic N) is 8. The van der Waals surface area contributed by atoms with Crippen LogP contribution in [-0.4, -0.2) is 91.0 Å². The number of aryl methyl sites for hydroxylation is 3. The molecular weight excluding hydrogens is 680 g/mol. The Morgan fingerprint density at radius 1 is 0.942 bits per heavy atom.